The van der Waals surface area contributed by atoms with Crippen molar-refractivity contribution >= 4 is 28.9 Å². The molecule has 0 unspecified atom stereocenters. The zero-order valence-electron chi connectivity index (χ0n) is 13.4. The van der Waals surface area contributed by atoms with E-state index in [0.29, 0.717) is 12.1 Å². The molecule has 0 atom stereocenters. The standard InChI is InChI=1S/C16H20N4O2S/c1-4-8-13(21)17-16(23)18-14-11(2)19(3)20(15(14)22)12-9-6-5-7-10-12/h5-7,9-10H,4,8H2,1-3H3,(H2,17,18,21,23). The van der Waals surface area contributed by atoms with Gasteiger partial charge in [0.15, 0.2) is 5.11 Å². The summed E-state index contributed by atoms with van der Waals surface area (Å²) in [6.45, 7) is 3.73. The van der Waals surface area contributed by atoms with Gasteiger partial charge in [-0.1, -0.05) is 25.1 Å². The third kappa shape index (κ3) is 3.68. The van der Waals surface area contributed by atoms with Crippen LogP contribution in [0.15, 0.2) is 35.1 Å². The van der Waals surface area contributed by atoms with Gasteiger partial charge >= 0.3 is 0 Å². The molecule has 122 valence electrons. The van der Waals surface area contributed by atoms with Crippen LogP contribution in [0.1, 0.15) is 25.5 Å². The van der Waals surface area contributed by atoms with Gasteiger partial charge in [0.05, 0.1) is 11.4 Å². The van der Waals surface area contributed by atoms with Crippen molar-refractivity contribution in [3.8, 4) is 5.69 Å². The number of anilines is 1. The molecule has 0 spiro atoms. The maximum atomic E-state index is 12.7. The maximum Gasteiger partial charge on any atom is 0.295 e. The Balaban J connectivity index is 2.30. The molecule has 0 aliphatic carbocycles. The molecule has 1 aromatic heterocycles. The quantitative estimate of drug-likeness (QED) is 0.842. The average molecular weight is 332 g/mol. The van der Waals surface area contributed by atoms with Crippen LogP contribution < -0.4 is 16.2 Å². The highest BCUT2D eigenvalue weighted by molar-refractivity contribution is 7.80. The Hall–Kier alpha value is -2.41. The first-order valence-corrected chi connectivity index (χ1v) is 7.81. The molecule has 2 N–H and O–H groups in total. The van der Waals surface area contributed by atoms with Crippen LogP contribution in [-0.4, -0.2) is 20.4 Å². The number of aromatic nitrogens is 2. The largest absolute Gasteiger partial charge is 0.326 e. The van der Waals surface area contributed by atoms with Crippen LogP contribution >= 0.6 is 12.2 Å². The van der Waals surface area contributed by atoms with Gasteiger partial charge in [-0.05, 0) is 37.7 Å². The van der Waals surface area contributed by atoms with E-state index in [9.17, 15) is 9.59 Å². The molecule has 0 aliphatic heterocycles. The number of nitrogens with one attached hydrogen (secondary N) is 2. The molecule has 0 saturated heterocycles. The Morgan fingerprint density at radius 3 is 2.52 bits per heavy atom. The molecular weight excluding hydrogens is 312 g/mol. The van der Waals surface area contributed by atoms with E-state index in [-0.39, 0.29) is 16.6 Å². The van der Waals surface area contributed by atoms with Crippen LogP contribution in [0.25, 0.3) is 5.69 Å². The molecule has 23 heavy (non-hydrogen) atoms. The number of carbonyl (C=O) groups is 1. The van der Waals surface area contributed by atoms with Crippen molar-refractivity contribution in [2.24, 2.45) is 7.05 Å². The van der Waals surface area contributed by atoms with E-state index in [1.807, 2.05) is 44.2 Å². The van der Waals surface area contributed by atoms with Crippen LogP contribution in [0.4, 0.5) is 5.69 Å². The van der Waals surface area contributed by atoms with E-state index in [2.05, 4.69) is 10.6 Å². The van der Waals surface area contributed by atoms with Crippen LogP contribution in [-0.2, 0) is 11.8 Å². The minimum Gasteiger partial charge on any atom is -0.326 e. The number of hydrogen-bond acceptors (Lipinski definition) is 3. The monoisotopic (exact) mass is 332 g/mol. The number of amides is 1. The summed E-state index contributed by atoms with van der Waals surface area (Å²) in [5.41, 5.74) is 1.63. The average Bonchev–Trinajstić information content (AvgIpc) is 2.72. The highest BCUT2D eigenvalue weighted by atomic mass is 32.1. The highest BCUT2D eigenvalue weighted by Crippen LogP contribution is 2.13. The molecule has 1 amide bonds. The van der Waals surface area contributed by atoms with Crippen molar-refractivity contribution in [1.29, 1.82) is 0 Å². The van der Waals surface area contributed by atoms with Crippen molar-refractivity contribution in [2.45, 2.75) is 26.7 Å². The summed E-state index contributed by atoms with van der Waals surface area (Å²) in [5, 5.41) is 5.55. The third-order valence-electron chi connectivity index (χ3n) is 3.52. The van der Waals surface area contributed by atoms with Crippen molar-refractivity contribution in [1.82, 2.24) is 14.7 Å². The number of rotatable bonds is 4. The fourth-order valence-electron chi connectivity index (χ4n) is 2.27. The first-order valence-electron chi connectivity index (χ1n) is 7.40. The van der Waals surface area contributed by atoms with Crippen molar-refractivity contribution < 1.29 is 4.79 Å². The number of thiocarbonyl (C=S) groups is 1. The van der Waals surface area contributed by atoms with E-state index < -0.39 is 0 Å². The van der Waals surface area contributed by atoms with E-state index in [1.165, 1.54) is 0 Å². The van der Waals surface area contributed by atoms with Crippen LogP contribution in [0.5, 0.6) is 0 Å². The summed E-state index contributed by atoms with van der Waals surface area (Å²) in [5.74, 6) is -0.165. The summed E-state index contributed by atoms with van der Waals surface area (Å²) >= 11 is 5.11. The molecule has 7 heteroatoms. The lowest BCUT2D eigenvalue weighted by atomic mass is 10.3. The zero-order valence-corrected chi connectivity index (χ0v) is 14.2. The second-order valence-corrected chi connectivity index (χ2v) is 5.60. The van der Waals surface area contributed by atoms with Gasteiger partial charge in [-0.15, -0.1) is 0 Å². The molecule has 0 radical (unpaired) electrons. The molecule has 1 heterocycles. The molecule has 1 aromatic carbocycles. The first kappa shape index (κ1) is 17.0. The van der Waals surface area contributed by atoms with Crippen LogP contribution in [0.3, 0.4) is 0 Å². The Kier molecular flexibility index (Phi) is 5.33. The summed E-state index contributed by atoms with van der Waals surface area (Å²) < 4.78 is 3.30. The predicted octanol–water partition coefficient (Wildman–Crippen LogP) is 2.10. The molecule has 2 rings (SSSR count). The Morgan fingerprint density at radius 1 is 1.26 bits per heavy atom. The number of nitrogens with zero attached hydrogens (tertiary/aromatic N) is 2. The summed E-state index contributed by atoms with van der Waals surface area (Å²) in [7, 11) is 1.80. The molecule has 0 bridgehead atoms. The summed E-state index contributed by atoms with van der Waals surface area (Å²) in [6.07, 6.45) is 1.13. The van der Waals surface area contributed by atoms with Crippen LogP contribution in [0.2, 0.25) is 0 Å². The van der Waals surface area contributed by atoms with Gasteiger partial charge in [0.2, 0.25) is 5.91 Å². The third-order valence-corrected chi connectivity index (χ3v) is 3.73. The van der Waals surface area contributed by atoms with Gasteiger partial charge in [0, 0.05) is 13.5 Å². The van der Waals surface area contributed by atoms with Crippen molar-refractivity contribution in [3.63, 3.8) is 0 Å². The minimum absolute atomic E-state index is 0.134. The number of para-hydroxylation sites is 1. The van der Waals surface area contributed by atoms with Gasteiger partial charge in [-0.2, -0.15) is 0 Å². The highest BCUT2D eigenvalue weighted by Gasteiger charge is 2.17. The van der Waals surface area contributed by atoms with E-state index in [4.69, 9.17) is 12.2 Å². The Bertz CT molecular complexity index is 777. The Morgan fingerprint density at radius 2 is 1.91 bits per heavy atom. The van der Waals surface area contributed by atoms with Crippen molar-refractivity contribution in [2.75, 3.05) is 5.32 Å². The van der Waals surface area contributed by atoms with E-state index in [1.54, 1.807) is 16.4 Å². The lowest BCUT2D eigenvalue weighted by Crippen LogP contribution is -2.35. The maximum absolute atomic E-state index is 12.7. The molecule has 0 aliphatic rings. The van der Waals surface area contributed by atoms with Gasteiger partial charge in [0.25, 0.3) is 5.56 Å². The number of carbonyl (C=O) groups excluding carboxylic acids is 1. The minimum atomic E-state index is -0.219. The number of hydrogen-bond donors (Lipinski definition) is 2. The molecule has 6 nitrogen and oxygen atoms in total. The van der Waals surface area contributed by atoms with Gasteiger partial charge < -0.3 is 10.6 Å². The SMILES string of the molecule is CCCC(=O)NC(=S)Nc1c(C)n(C)n(-c2ccccc2)c1=O. The lowest BCUT2D eigenvalue weighted by molar-refractivity contribution is -0.119. The second-order valence-electron chi connectivity index (χ2n) is 5.19. The molecule has 0 saturated carbocycles. The molecule has 0 fully saturated rings. The molecular formula is C16H20N4O2S. The summed E-state index contributed by atoms with van der Waals surface area (Å²) in [4.78, 5) is 24.2. The predicted molar refractivity (Wildman–Crippen MR) is 95.0 cm³/mol. The first-order chi connectivity index (χ1) is 11.0. The zero-order chi connectivity index (χ0) is 17.0. The van der Waals surface area contributed by atoms with Gasteiger partial charge in [-0.25, -0.2) is 4.68 Å². The van der Waals surface area contributed by atoms with E-state index in [0.717, 1.165) is 17.8 Å². The lowest BCUT2D eigenvalue weighted by Gasteiger charge is -2.08. The number of benzene rings is 1. The van der Waals surface area contributed by atoms with Gasteiger partial charge in [0.1, 0.15) is 5.69 Å². The van der Waals surface area contributed by atoms with Gasteiger partial charge in [-0.3, -0.25) is 14.3 Å². The smallest absolute Gasteiger partial charge is 0.295 e. The van der Waals surface area contributed by atoms with Crippen molar-refractivity contribution in [3.05, 3.63) is 46.4 Å². The second kappa shape index (κ2) is 7.23. The normalized spacial score (nSPS) is 10.4. The fourth-order valence-corrected chi connectivity index (χ4v) is 2.49. The topological polar surface area (TPSA) is 68.1 Å². The summed E-state index contributed by atoms with van der Waals surface area (Å²) in [6, 6.07) is 9.33. The van der Waals surface area contributed by atoms with Crippen LogP contribution in [0, 0.1) is 6.92 Å². The Labute approximate surface area is 140 Å². The fraction of sp³-hybridized carbons (Fsp3) is 0.312. The molecule has 2 aromatic rings. The van der Waals surface area contributed by atoms with E-state index >= 15 is 0 Å².